The summed E-state index contributed by atoms with van der Waals surface area (Å²) in [5, 5.41) is 6.70. The van der Waals surface area contributed by atoms with Crippen LogP contribution in [0.1, 0.15) is 33.3 Å². The van der Waals surface area contributed by atoms with Gasteiger partial charge in [0.1, 0.15) is 5.75 Å². The zero-order valence-electron chi connectivity index (χ0n) is 15.2. The zero-order chi connectivity index (χ0) is 17.1. The van der Waals surface area contributed by atoms with E-state index in [1.54, 1.807) is 7.11 Å². The van der Waals surface area contributed by atoms with Gasteiger partial charge in [-0.2, -0.15) is 0 Å². The number of methoxy groups -OCH3 is 1. The maximum absolute atomic E-state index is 5.17. The van der Waals surface area contributed by atoms with Gasteiger partial charge < -0.3 is 15.4 Å². The molecule has 0 aliphatic carbocycles. The summed E-state index contributed by atoms with van der Waals surface area (Å²) in [5.41, 5.74) is 1.17. The van der Waals surface area contributed by atoms with Gasteiger partial charge in [-0.1, -0.05) is 19.1 Å². The standard InChI is InChI=1S/C18H32N4O/c1-6-19-18(20-12-13-22(7-2)15(3)4)21-14-16-8-10-17(23-5)11-9-16/h8-11,15H,6-7,12-14H2,1-5H3,(H2,19,20,21). The molecule has 23 heavy (non-hydrogen) atoms. The Morgan fingerprint density at radius 1 is 1.17 bits per heavy atom. The smallest absolute Gasteiger partial charge is 0.191 e. The van der Waals surface area contributed by atoms with Gasteiger partial charge in [0, 0.05) is 25.7 Å². The van der Waals surface area contributed by atoms with Gasteiger partial charge in [0.2, 0.25) is 0 Å². The van der Waals surface area contributed by atoms with Crippen molar-refractivity contribution in [1.82, 2.24) is 15.5 Å². The summed E-state index contributed by atoms with van der Waals surface area (Å²) in [6, 6.07) is 8.59. The zero-order valence-corrected chi connectivity index (χ0v) is 15.2. The van der Waals surface area contributed by atoms with Crippen molar-refractivity contribution in [3.63, 3.8) is 0 Å². The van der Waals surface area contributed by atoms with Gasteiger partial charge in [-0.15, -0.1) is 0 Å². The first-order chi connectivity index (χ1) is 11.1. The Morgan fingerprint density at radius 2 is 1.87 bits per heavy atom. The van der Waals surface area contributed by atoms with Crippen molar-refractivity contribution in [2.75, 3.05) is 33.3 Å². The minimum atomic E-state index is 0.570. The number of rotatable bonds is 9. The fraction of sp³-hybridized carbons (Fsp3) is 0.611. The Hall–Kier alpha value is -1.75. The van der Waals surface area contributed by atoms with E-state index in [4.69, 9.17) is 4.74 Å². The highest BCUT2D eigenvalue weighted by atomic mass is 16.5. The van der Waals surface area contributed by atoms with E-state index < -0.39 is 0 Å². The summed E-state index contributed by atoms with van der Waals surface area (Å²) in [6.07, 6.45) is 0. The van der Waals surface area contributed by atoms with E-state index in [0.717, 1.165) is 37.9 Å². The third-order valence-electron chi connectivity index (χ3n) is 3.75. The molecule has 0 atom stereocenters. The highest BCUT2D eigenvalue weighted by Gasteiger charge is 2.06. The molecule has 1 aromatic rings. The molecule has 0 saturated heterocycles. The van der Waals surface area contributed by atoms with Gasteiger partial charge in [0.25, 0.3) is 0 Å². The SMILES string of the molecule is CCNC(=NCc1ccc(OC)cc1)NCCN(CC)C(C)C. The van der Waals surface area contributed by atoms with Crippen molar-refractivity contribution in [2.24, 2.45) is 4.99 Å². The largest absolute Gasteiger partial charge is 0.497 e. The van der Waals surface area contributed by atoms with Gasteiger partial charge in [-0.05, 0) is 45.0 Å². The lowest BCUT2D eigenvalue weighted by Crippen LogP contribution is -2.43. The molecule has 0 spiro atoms. The minimum Gasteiger partial charge on any atom is -0.497 e. The van der Waals surface area contributed by atoms with Gasteiger partial charge in [0.15, 0.2) is 5.96 Å². The lowest BCUT2D eigenvalue weighted by molar-refractivity contribution is 0.237. The van der Waals surface area contributed by atoms with Crippen LogP contribution < -0.4 is 15.4 Å². The maximum Gasteiger partial charge on any atom is 0.191 e. The van der Waals surface area contributed by atoms with Crippen molar-refractivity contribution < 1.29 is 4.74 Å². The predicted molar refractivity (Wildman–Crippen MR) is 98.2 cm³/mol. The van der Waals surface area contributed by atoms with Gasteiger partial charge in [-0.25, -0.2) is 4.99 Å². The fourth-order valence-electron chi connectivity index (χ4n) is 2.34. The van der Waals surface area contributed by atoms with Crippen LogP contribution in [0.4, 0.5) is 0 Å². The summed E-state index contributed by atoms with van der Waals surface area (Å²) < 4.78 is 5.17. The molecule has 1 aromatic carbocycles. The third kappa shape index (κ3) is 7.37. The Bertz CT molecular complexity index is 457. The van der Waals surface area contributed by atoms with E-state index in [2.05, 4.69) is 48.2 Å². The molecular formula is C18H32N4O. The van der Waals surface area contributed by atoms with Crippen LogP contribution in [-0.2, 0) is 6.54 Å². The molecule has 1 rings (SSSR count). The van der Waals surface area contributed by atoms with E-state index >= 15 is 0 Å². The maximum atomic E-state index is 5.17. The summed E-state index contributed by atoms with van der Waals surface area (Å²) >= 11 is 0. The second-order valence-electron chi connectivity index (χ2n) is 5.69. The van der Waals surface area contributed by atoms with Crippen molar-refractivity contribution >= 4 is 5.96 Å². The summed E-state index contributed by atoms with van der Waals surface area (Å²) in [6.45, 7) is 13.2. The first-order valence-electron chi connectivity index (χ1n) is 8.49. The number of likely N-dealkylation sites (N-methyl/N-ethyl adjacent to an activating group) is 1. The number of guanidine groups is 1. The second-order valence-corrected chi connectivity index (χ2v) is 5.69. The molecule has 130 valence electrons. The highest BCUT2D eigenvalue weighted by molar-refractivity contribution is 5.79. The average molecular weight is 320 g/mol. The average Bonchev–Trinajstić information content (AvgIpc) is 2.56. The molecule has 5 nitrogen and oxygen atoms in total. The molecule has 0 heterocycles. The van der Waals surface area contributed by atoms with Crippen molar-refractivity contribution in [3.05, 3.63) is 29.8 Å². The molecule has 2 N–H and O–H groups in total. The van der Waals surface area contributed by atoms with Gasteiger partial charge in [0.05, 0.1) is 13.7 Å². The molecule has 0 aliphatic rings. The topological polar surface area (TPSA) is 48.9 Å². The molecule has 0 amide bonds. The lowest BCUT2D eigenvalue weighted by Gasteiger charge is -2.25. The van der Waals surface area contributed by atoms with Crippen LogP contribution in [0.5, 0.6) is 5.75 Å². The number of ether oxygens (including phenoxy) is 1. The van der Waals surface area contributed by atoms with E-state index in [0.29, 0.717) is 12.6 Å². The normalized spacial score (nSPS) is 11.9. The van der Waals surface area contributed by atoms with Crippen molar-refractivity contribution in [2.45, 2.75) is 40.3 Å². The number of nitrogens with one attached hydrogen (secondary N) is 2. The Morgan fingerprint density at radius 3 is 2.39 bits per heavy atom. The van der Waals surface area contributed by atoms with Crippen LogP contribution in [0.15, 0.2) is 29.3 Å². The van der Waals surface area contributed by atoms with E-state index in [1.807, 2.05) is 24.3 Å². The van der Waals surface area contributed by atoms with Crippen molar-refractivity contribution in [1.29, 1.82) is 0 Å². The summed E-state index contributed by atoms with van der Waals surface area (Å²) in [5.74, 6) is 1.74. The number of nitrogens with zero attached hydrogens (tertiary/aromatic N) is 2. The predicted octanol–water partition coefficient (Wildman–Crippen LogP) is 2.48. The number of benzene rings is 1. The Labute approximate surface area is 141 Å². The molecular weight excluding hydrogens is 288 g/mol. The van der Waals surface area contributed by atoms with Gasteiger partial charge >= 0.3 is 0 Å². The Kier molecular flexibility index (Phi) is 9.14. The van der Waals surface area contributed by atoms with Crippen LogP contribution in [0.3, 0.4) is 0 Å². The lowest BCUT2D eigenvalue weighted by atomic mass is 10.2. The molecule has 0 bridgehead atoms. The number of aliphatic imine (C=N–C) groups is 1. The van der Waals surface area contributed by atoms with Gasteiger partial charge in [-0.3, -0.25) is 4.90 Å². The minimum absolute atomic E-state index is 0.570. The van der Waals surface area contributed by atoms with E-state index in [1.165, 1.54) is 5.56 Å². The summed E-state index contributed by atoms with van der Waals surface area (Å²) in [4.78, 5) is 7.07. The summed E-state index contributed by atoms with van der Waals surface area (Å²) in [7, 11) is 1.68. The van der Waals surface area contributed by atoms with E-state index in [-0.39, 0.29) is 0 Å². The monoisotopic (exact) mass is 320 g/mol. The number of hydrogen-bond donors (Lipinski definition) is 2. The van der Waals surface area contributed by atoms with Crippen LogP contribution in [-0.4, -0.2) is 50.2 Å². The van der Waals surface area contributed by atoms with Crippen LogP contribution >= 0.6 is 0 Å². The second kappa shape index (κ2) is 10.9. The highest BCUT2D eigenvalue weighted by Crippen LogP contribution is 2.11. The molecule has 0 aromatic heterocycles. The molecule has 0 unspecified atom stereocenters. The Balaban J connectivity index is 2.51. The molecule has 0 radical (unpaired) electrons. The van der Waals surface area contributed by atoms with Crippen LogP contribution in [0, 0.1) is 0 Å². The first-order valence-corrected chi connectivity index (χ1v) is 8.49. The third-order valence-corrected chi connectivity index (χ3v) is 3.75. The van der Waals surface area contributed by atoms with Crippen LogP contribution in [0.25, 0.3) is 0 Å². The molecule has 5 heteroatoms. The number of hydrogen-bond acceptors (Lipinski definition) is 3. The first kappa shape index (κ1) is 19.3. The molecule has 0 saturated carbocycles. The molecule has 0 aliphatic heterocycles. The quantitative estimate of drug-likeness (QED) is 0.542. The fourth-order valence-corrected chi connectivity index (χ4v) is 2.34. The van der Waals surface area contributed by atoms with E-state index in [9.17, 15) is 0 Å². The van der Waals surface area contributed by atoms with Crippen LogP contribution in [0.2, 0.25) is 0 Å². The van der Waals surface area contributed by atoms with Crippen molar-refractivity contribution in [3.8, 4) is 5.75 Å². The molecule has 0 fully saturated rings.